The van der Waals surface area contributed by atoms with Crippen molar-refractivity contribution in [3.8, 4) is 11.5 Å². The minimum absolute atomic E-state index is 0.245. The van der Waals surface area contributed by atoms with E-state index < -0.39 is 0 Å². The molecule has 0 saturated heterocycles. The van der Waals surface area contributed by atoms with E-state index in [1.54, 1.807) is 14.2 Å². The Morgan fingerprint density at radius 3 is 1.94 bits per heavy atom. The molecule has 90 valence electrons. The van der Waals surface area contributed by atoms with Crippen LogP contribution in [0.3, 0.4) is 0 Å². The van der Waals surface area contributed by atoms with Crippen LogP contribution in [-0.2, 0) is 9.53 Å². The third kappa shape index (κ3) is 5.24. The average molecular weight is 226 g/mol. The Labute approximate surface area is 96.1 Å². The van der Waals surface area contributed by atoms with Crippen LogP contribution in [0.25, 0.3) is 0 Å². The van der Waals surface area contributed by atoms with Crippen molar-refractivity contribution < 1.29 is 19.0 Å². The number of hydrogen-bond acceptors (Lipinski definition) is 4. The van der Waals surface area contributed by atoms with E-state index in [1.165, 1.54) is 19.6 Å². The highest BCUT2D eigenvalue weighted by molar-refractivity contribution is 5.65. The fraction of sp³-hybridized carbons (Fsp3) is 0.417. The molecular formula is C12H18O4. The normalized spacial score (nSPS) is 8.56. The van der Waals surface area contributed by atoms with E-state index in [0.717, 1.165) is 11.5 Å². The van der Waals surface area contributed by atoms with E-state index in [4.69, 9.17) is 9.47 Å². The van der Waals surface area contributed by atoms with Crippen LogP contribution in [0.4, 0.5) is 0 Å². The minimum Gasteiger partial charge on any atom is -0.493 e. The van der Waals surface area contributed by atoms with Crippen LogP contribution in [0, 0.1) is 6.92 Å². The Kier molecular flexibility index (Phi) is 6.76. The molecular weight excluding hydrogens is 208 g/mol. The Balaban J connectivity index is 0.000000385. The van der Waals surface area contributed by atoms with Gasteiger partial charge in [0, 0.05) is 6.92 Å². The van der Waals surface area contributed by atoms with Crippen molar-refractivity contribution >= 4 is 5.97 Å². The van der Waals surface area contributed by atoms with Crippen LogP contribution in [0.15, 0.2) is 18.2 Å². The summed E-state index contributed by atoms with van der Waals surface area (Å²) in [4.78, 5) is 9.59. The first-order chi connectivity index (χ1) is 7.54. The van der Waals surface area contributed by atoms with Crippen molar-refractivity contribution in [1.82, 2.24) is 0 Å². The van der Waals surface area contributed by atoms with Crippen molar-refractivity contribution in [2.45, 2.75) is 13.8 Å². The number of benzene rings is 1. The lowest BCUT2D eigenvalue weighted by atomic mass is 10.2. The molecule has 0 unspecified atom stereocenters. The molecule has 0 heterocycles. The van der Waals surface area contributed by atoms with Crippen LogP contribution in [0.1, 0.15) is 12.5 Å². The van der Waals surface area contributed by atoms with E-state index >= 15 is 0 Å². The highest BCUT2D eigenvalue weighted by Gasteiger charge is 2.00. The van der Waals surface area contributed by atoms with Gasteiger partial charge in [-0.2, -0.15) is 0 Å². The summed E-state index contributed by atoms with van der Waals surface area (Å²) in [5, 5.41) is 0. The lowest BCUT2D eigenvalue weighted by molar-refractivity contribution is -0.137. The highest BCUT2D eigenvalue weighted by atomic mass is 16.5. The van der Waals surface area contributed by atoms with Crippen LogP contribution in [0.5, 0.6) is 11.5 Å². The van der Waals surface area contributed by atoms with Crippen molar-refractivity contribution in [2.24, 2.45) is 0 Å². The summed E-state index contributed by atoms with van der Waals surface area (Å²) in [6, 6.07) is 5.83. The third-order valence-corrected chi connectivity index (χ3v) is 1.83. The number of methoxy groups -OCH3 is 3. The zero-order valence-corrected chi connectivity index (χ0v) is 10.4. The summed E-state index contributed by atoms with van der Waals surface area (Å²) in [6.45, 7) is 3.38. The molecule has 4 nitrogen and oxygen atoms in total. The molecule has 16 heavy (non-hydrogen) atoms. The minimum atomic E-state index is -0.245. The lowest BCUT2D eigenvalue weighted by Crippen LogP contribution is -1.90. The molecule has 0 fully saturated rings. The Hall–Kier alpha value is -1.71. The third-order valence-electron chi connectivity index (χ3n) is 1.83. The van der Waals surface area contributed by atoms with Crippen molar-refractivity contribution in [3.63, 3.8) is 0 Å². The summed E-state index contributed by atoms with van der Waals surface area (Å²) >= 11 is 0. The number of ether oxygens (including phenoxy) is 3. The van der Waals surface area contributed by atoms with Crippen molar-refractivity contribution in [3.05, 3.63) is 23.8 Å². The van der Waals surface area contributed by atoms with Gasteiger partial charge in [0.25, 0.3) is 0 Å². The topological polar surface area (TPSA) is 44.8 Å². The Morgan fingerprint density at radius 2 is 1.56 bits per heavy atom. The molecule has 0 amide bonds. The van der Waals surface area contributed by atoms with Gasteiger partial charge < -0.3 is 14.2 Å². The standard InChI is InChI=1S/C9H12O2.C3H6O2/c1-7-4-5-8(10-2)9(6-7)11-3;1-3(4)5-2/h4-6H,1-3H3;1-2H3. The summed E-state index contributed by atoms with van der Waals surface area (Å²) in [7, 11) is 4.62. The van der Waals surface area contributed by atoms with Crippen LogP contribution in [-0.4, -0.2) is 27.3 Å². The largest absolute Gasteiger partial charge is 0.493 e. The SMILES string of the molecule is COC(C)=O.COc1ccc(C)cc1OC. The average Bonchev–Trinajstić information content (AvgIpc) is 2.29. The fourth-order valence-corrected chi connectivity index (χ4v) is 0.943. The molecule has 1 aromatic rings. The zero-order chi connectivity index (χ0) is 12.6. The number of hydrogen-bond donors (Lipinski definition) is 0. The molecule has 4 heteroatoms. The van der Waals surface area contributed by atoms with E-state index in [1.807, 2.05) is 25.1 Å². The first kappa shape index (κ1) is 14.3. The predicted octanol–water partition coefficient (Wildman–Crippen LogP) is 2.19. The van der Waals surface area contributed by atoms with Gasteiger partial charge in [0.15, 0.2) is 11.5 Å². The molecule has 0 atom stereocenters. The van der Waals surface area contributed by atoms with E-state index in [2.05, 4.69) is 4.74 Å². The molecule has 1 rings (SSSR count). The molecule has 0 aliphatic rings. The number of esters is 1. The van der Waals surface area contributed by atoms with E-state index in [0.29, 0.717) is 0 Å². The van der Waals surface area contributed by atoms with Crippen molar-refractivity contribution in [1.29, 1.82) is 0 Å². The van der Waals surface area contributed by atoms with E-state index in [-0.39, 0.29) is 5.97 Å². The maximum Gasteiger partial charge on any atom is 0.302 e. The lowest BCUT2D eigenvalue weighted by Gasteiger charge is -2.06. The van der Waals surface area contributed by atoms with Gasteiger partial charge in [-0.25, -0.2) is 0 Å². The molecule has 1 aromatic carbocycles. The first-order valence-corrected chi connectivity index (χ1v) is 4.78. The molecule has 0 saturated carbocycles. The van der Waals surface area contributed by atoms with Crippen molar-refractivity contribution in [2.75, 3.05) is 21.3 Å². The van der Waals surface area contributed by atoms with Gasteiger partial charge in [0.1, 0.15) is 0 Å². The monoisotopic (exact) mass is 226 g/mol. The second-order valence-corrected chi connectivity index (χ2v) is 3.05. The van der Waals surface area contributed by atoms with Gasteiger partial charge in [0.05, 0.1) is 21.3 Å². The van der Waals surface area contributed by atoms with Gasteiger partial charge in [-0.05, 0) is 24.6 Å². The highest BCUT2D eigenvalue weighted by Crippen LogP contribution is 2.26. The summed E-state index contributed by atoms with van der Waals surface area (Å²) in [5.41, 5.74) is 1.17. The Morgan fingerprint density at radius 1 is 1.06 bits per heavy atom. The van der Waals surface area contributed by atoms with Gasteiger partial charge >= 0.3 is 5.97 Å². The number of aryl methyl sites for hydroxylation is 1. The number of carbonyl (C=O) groups is 1. The van der Waals surface area contributed by atoms with Gasteiger partial charge in [0.2, 0.25) is 0 Å². The van der Waals surface area contributed by atoms with Gasteiger partial charge in [-0.3, -0.25) is 4.79 Å². The summed E-state index contributed by atoms with van der Waals surface area (Å²) in [5.74, 6) is 1.32. The molecule has 0 radical (unpaired) electrons. The van der Waals surface area contributed by atoms with Crippen LogP contribution < -0.4 is 9.47 Å². The van der Waals surface area contributed by atoms with Crippen LogP contribution >= 0.6 is 0 Å². The second kappa shape index (κ2) is 7.56. The maximum absolute atomic E-state index is 9.59. The molecule has 0 aliphatic heterocycles. The summed E-state index contributed by atoms with van der Waals surface area (Å²) in [6.07, 6.45) is 0. The first-order valence-electron chi connectivity index (χ1n) is 4.78. The van der Waals surface area contributed by atoms with E-state index in [9.17, 15) is 4.79 Å². The molecule has 0 aliphatic carbocycles. The van der Waals surface area contributed by atoms with Crippen LogP contribution in [0.2, 0.25) is 0 Å². The smallest absolute Gasteiger partial charge is 0.302 e. The molecule has 0 bridgehead atoms. The number of carbonyl (C=O) groups excluding carboxylic acids is 1. The zero-order valence-electron chi connectivity index (χ0n) is 10.4. The maximum atomic E-state index is 9.59. The summed E-state index contributed by atoms with van der Waals surface area (Å²) < 4.78 is 14.3. The molecule has 0 aromatic heterocycles. The number of rotatable bonds is 2. The predicted molar refractivity (Wildman–Crippen MR) is 62.0 cm³/mol. The molecule has 0 N–H and O–H groups in total. The Bertz CT molecular complexity index is 334. The molecule has 0 spiro atoms. The fourth-order valence-electron chi connectivity index (χ4n) is 0.943. The quantitative estimate of drug-likeness (QED) is 0.725. The van der Waals surface area contributed by atoms with Gasteiger partial charge in [-0.1, -0.05) is 6.07 Å². The second-order valence-electron chi connectivity index (χ2n) is 3.05. The van der Waals surface area contributed by atoms with Gasteiger partial charge in [-0.15, -0.1) is 0 Å².